The van der Waals surface area contributed by atoms with E-state index in [1.165, 1.54) is 0 Å². The van der Waals surface area contributed by atoms with Gasteiger partial charge >= 0.3 is 0 Å². The highest BCUT2D eigenvalue weighted by Crippen LogP contribution is 2.50. The van der Waals surface area contributed by atoms with Crippen molar-refractivity contribution in [3.05, 3.63) is 96.1 Å². The topological polar surface area (TPSA) is 98.7 Å². The van der Waals surface area contributed by atoms with Gasteiger partial charge in [-0.25, -0.2) is 0 Å². The molecule has 0 spiro atoms. The Morgan fingerprint density at radius 3 is 1.38 bits per heavy atom. The molecule has 3 fully saturated rings. The maximum Gasteiger partial charge on any atom is 0.236 e. The number of aliphatic hydroxyl groups is 2. The van der Waals surface area contributed by atoms with Crippen LogP contribution in [0.1, 0.15) is 81.0 Å². The predicted octanol–water partition coefficient (Wildman–Crippen LogP) is 6.01. The summed E-state index contributed by atoms with van der Waals surface area (Å²) in [6.07, 6.45) is 5.76. The summed E-state index contributed by atoms with van der Waals surface area (Å²) in [6.45, 7) is 0. The quantitative estimate of drug-likeness (QED) is 0.198. The van der Waals surface area contributed by atoms with Crippen LogP contribution in [0.5, 0.6) is 0 Å². The zero-order valence-electron chi connectivity index (χ0n) is 23.8. The van der Waals surface area contributed by atoms with E-state index in [2.05, 4.69) is 10.6 Å². The van der Waals surface area contributed by atoms with Crippen molar-refractivity contribution in [3.63, 3.8) is 0 Å². The van der Waals surface area contributed by atoms with E-state index in [0.717, 1.165) is 51.9 Å². The van der Waals surface area contributed by atoms with E-state index in [1.807, 2.05) is 84.9 Å². The van der Waals surface area contributed by atoms with Gasteiger partial charge in [0.05, 0.1) is 23.3 Å². The molecule has 4 aromatic rings. The highest BCUT2D eigenvalue weighted by atomic mass is 16.3. The van der Waals surface area contributed by atoms with Crippen molar-refractivity contribution < 1.29 is 19.8 Å². The Hall–Kier alpha value is -3.74. The smallest absolute Gasteiger partial charge is 0.236 e. The van der Waals surface area contributed by atoms with Crippen LogP contribution in [0.3, 0.4) is 0 Å². The lowest BCUT2D eigenvalue weighted by Crippen LogP contribution is -2.56. The van der Waals surface area contributed by atoms with Gasteiger partial charge in [-0.3, -0.25) is 9.59 Å². The molecule has 6 nitrogen and oxygen atoms in total. The first-order chi connectivity index (χ1) is 20.3. The van der Waals surface area contributed by atoms with Crippen LogP contribution in [-0.2, 0) is 9.59 Å². The molecule has 0 radical (unpaired) electrons. The van der Waals surface area contributed by atoms with E-state index in [-0.39, 0.29) is 11.8 Å². The largest absolute Gasteiger partial charge is 0.387 e. The Kier molecular flexibility index (Phi) is 6.59. The zero-order valence-corrected chi connectivity index (χ0v) is 23.8. The van der Waals surface area contributed by atoms with Gasteiger partial charge < -0.3 is 20.8 Å². The number of rotatable bonds is 8. The first-order valence-electron chi connectivity index (χ1n) is 15.4. The second kappa shape index (κ2) is 10.2. The number of hydrogen-bond acceptors (Lipinski definition) is 4. The van der Waals surface area contributed by atoms with Crippen molar-refractivity contribution in [3.8, 4) is 0 Å². The Labute approximate surface area is 246 Å². The Balaban J connectivity index is 1.23. The fourth-order valence-electron chi connectivity index (χ4n) is 7.09. The van der Waals surface area contributed by atoms with Crippen LogP contribution in [0.25, 0.3) is 21.5 Å². The molecule has 42 heavy (non-hydrogen) atoms. The van der Waals surface area contributed by atoms with Gasteiger partial charge in [-0.1, -0.05) is 104 Å². The van der Waals surface area contributed by atoms with Crippen LogP contribution in [0, 0.1) is 5.41 Å². The molecule has 4 aromatic carbocycles. The fourth-order valence-corrected chi connectivity index (χ4v) is 7.09. The third kappa shape index (κ3) is 4.67. The first kappa shape index (κ1) is 27.1. The maximum absolute atomic E-state index is 14.4. The van der Waals surface area contributed by atoms with Crippen molar-refractivity contribution in [1.29, 1.82) is 0 Å². The number of nitrogens with one attached hydrogen (secondary N) is 2. The Morgan fingerprint density at radius 2 is 0.952 bits per heavy atom. The average Bonchev–Trinajstić information content (AvgIpc) is 3.96. The minimum absolute atomic E-state index is 0.336. The van der Waals surface area contributed by atoms with E-state index in [1.54, 1.807) is 0 Å². The molecule has 0 aromatic heterocycles. The minimum Gasteiger partial charge on any atom is -0.387 e. The molecule has 2 atom stereocenters. The molecule has 0 aliphatic heterocycles. The summed E-state index contributed by atoms with van der Waals surface area (Å²) in [7, 11) is 0. The molecule has 3 saturated carbocycles. The van der Waals surface area contributed by atoms with Crippen molar-refractivity contribution in [2.75, 3.05) is 0 Å². The summed E-state index contributed by atoms with van der Waals surface area (Å²) in [5.74, 6) is -0.671. The van der Waals surface area contributed by atoms with Gasteiger partial charge in [0.15, 0.2) is 0 Å². The number of hydrogen-bond donors (Lipinski definition) is 4. The first-order valence-corrected chi connectivity index (χ1v) is 15.4. The molecular formula is C36H38N2O4. The molecule has 2 amide bonds. The number of fused-ring (bicyclic) bond motifs is 2. The molecule has 0 heterocycles. The second-order valence-electron chi connectivity index (χ2n) is 12.8. The van der Waals surface area contributed by atoms with Crippen LogP contribution in [0.4, 0.5) is 0 Å². The Morgan fingerprint density at radius 1 is 0.548 bits per heavy atom. The highest BCUT2D eigenvalue weighted by Gasteiger charge is 2.55. The lowest BCUT2D eigenvalue weighted by Gasteiger charge is -2.38. The summed E-state index contributed by atoms with van der Waals surface area (Å²) < 4.78 is 0. The van der Waals surface area contributed by atoms with E-state index in [0.29, 0.717) is 38.5 Å². The SMILES string of the molecule is O=C(N[C@@H](c1cccc2ccccc12)C1(O)CC1)C1(C(=O)N[C@@H](c2cccc3ccccc23)C2(O)CC2)CCCCC1. The minimum atomic E-state index is -1.28. The number of carbonyl (C=O) groups excluding carboxylic acids is 2. The average molecular weight is 563 g/mol. The molecule has 6 heteroatoms. The molecule has 0 unspecified atom stereocenters. The summed E-state index contributed by atoms with van der Waals surface area (Å²) in [5, 5.41) is 33.3. The molecule has 0 saturated heterocycles. The molecule has 4 N–H and O–H groups in total. The highest BCUT2D eigenvalue weighted by molar-refractivity contribution is 6.06. The van der Waals surface area contributed by atoms with Crippen LogP contribution < -0.4 is 10.6 Å². The third-order valence-electron chi connectivity index (χ3n) is 10.00. The van der Waals surface area contributed by atoms with Gasteiger partial charge in [-0.15, -0.1) is 0 Å². The van der Waals surface area contributed by atoms with Gasteiger partial charge in [0.1, 0.15) is 5.41 Å². The van der Waals surface area contributed by atoms with Crippen molar-refractivity contribution in [1.82, 2.24) is 10.6 Å². The summed E-state index contributed by atoms with van der Waals surface area (Å²) in [6, 6.07) is 26.6. The third-order valence-corrected chi connectivity index (χ3v) is 10.00. The van der Waals surface area contributed by atoms with Gasteiger partial charge in [-0.05, 0) is 71.2 Å². The number of benzene rings is 4. The molecule has 3 aliphatic rings. The Bertz CT molecular complexity index is 1540. The van der Waals surface area contributed by atoms with Gasteiger partial charge in [0, 0.05) is 0 Å². The molecule has 216 valence electrons. The lowest BCUT2D eigenvalue weighted by molar-refractivity contribution is -0.148. The maximum atomic E-state index is 14.4. The van der Waals surface area contributed by atoms with E-state index in [9.17, 15) is 19.8 Å². The van der Waals surface area contributed by atoms with Crippen molar-refractivity contribution >= 4 is 33.4 Å². The lowest BCUT2D eigenvalue weighted by atomic mass is 9.71. The van der Waals surface area contributed by atoms with E-state index < -0.39 is 28.7 Å². The number of carbonyl (C=O) groups is 2. The summed E-state index contributed by atoms with van der Waals surface area (Å²) >= 11 is 0. The summed E-state index contributed by atoms with van der Waals surface area (Å²) in [5.41, 5.74) is -1.62. The van der Waals surface area contributed by atoms with E-state index in [4.69, 9.17) is 0 Å². The van der Waals surface area contributed by atoms with Crippen molar-refractivity contribution in [2.24, 2.45) is 5.41 Å². The van der Waals surface area contributed by atoms with Crippen LogP contribution in [-0.4, -0.2) is 33.2 Å². The van der Waals surface area contributed by atoms with Gasteiger partial charge in [0.2, 0.25) is 11.8 Å². The molecular weight excluding hydrogens is 524 g/mol. The monoisotopic (exact) mass is 562 g/mol. The zero-order chi connectivity index (χ0) is 29.0. The van der Waals surface area contributed by atoms with E-state index >= 15 is 0 Å². The second-order valence-corrected chi connectivity index (χ2v) is 12.8. The normalized spacial score (nSPS) is 21.3. The van der Waals surface area contributed by atoms with Crippen LogP contribution >= 0.6 is 0 Å². The molecule has 0 bridgehead atoms. The fraction of sp³-hybridized carbons (Fsp3) is 0.389. The van der Waals surface area contributed by atoms with Gasteiger partial charge in [0.25, 0.3) is 0 Å². The van der Waals surface area contributed by atoms with Gasteiger partial charge in [-0.2, -0.15) is 0 Å². The predicted molar refractivity (Wildman–Crippen MR) is 164 cm³/mol. The van der Waals surface area contributed by atoms with Crippen LogP contribution in [0.2, 0.25) is 0 Å². The van der Waals surface area contributed by atoms with Crippen molar-refractivity contribution in [2.45, 2.75) is 81.1 Å². The number of amides is 2. The standard InChI is InChI=1S/C36H38N2O4/c39-32(37-30(35(41)20-21-35)28-16-8-12-24-10-2-4-14-26(24)28)34(18-6-1-7-19-34)33(40)38-31(36(42)22-23-36)29-17-9-13-25-11-3-5-15-27(25)29/h2-5,8-17,30-31,41-42H,1,6-7,18-23H2,(H,37,39)(H,38,40)/t30-,31-/m0/s1. The molecule has 3 aliphatic carbocycles. The molecule has 7 rings (SSSR count). The summed E-state index contributed by atoms with van der Waals surface area (Å²) in [4.78, 5) is 28.8. The van der Waals surface area contributed by atoms with Crippen LogP contribution in [0.15, 0.2) is 84.9 Å².